The Bertz CT molecular complexity index is 693. The number of hydrogen-bond donors (Lipinski definition) is 0. The molecular formula is C13H12BrF3N2O. The minimum absolute atomic E-state index is 0.261. The first-order valence-corrected chi connectivity index (χ1v) is 6.63. The highest BCUT2D eigenvalue weighted by molar-refractivity contribution is 9.10. The minimum Gasteiger partial charge on any atom is -0.283 e. The Morgan fingerprint density at radius 1 is 1.25 bits per heavy atom. The first-order chi connectivity index (χ1) is 9.32. The van der Waals surface area contributed by atoms with Gasteiger partial charge in [0.2, 0.25) is 0 Å². The average Bonchev–Trinajstić information content (AvgIpc) is 2.64. The molecule has 0 aliphatic rings. The summed E-state index contributed by atoms with van der Waals surface area (Å²) in [5, 5.41) is 0. The van der Waals surface area contributed by atoms with Gasteiger partial charge in [0.05, 0.1) is 6.04 Å². The number of benzene rings is 1. The Morgan fingerprint density at radius 3 is 2.40 bits per heavy atom. The molecule has 1 aromatic carbocycles. The summed E-state index contributed by atoms with van der Waals surface area (Å²) < 4.78 is 42.2. The molecule has 0 fully saturated rings. The Balaban J connectivity index is 2.54. The molecule has 0 spiro atoms. The largest absolute Gasteiger partial charge is 0.283 e. The fraction of sp³-hybridized carbons (Fsp3) is 0.308. The number of alkyl halides is 2. The summed E-state index contributed by atoms with van der Waals surface area (Å²) in [5.41, 5.74) is -0.714. The van der Waals surface area contributed by atoms with Gasteiger partial charge in [-0.1, -0.05) is 22.0 Å². The van der Waals surface area contributed by atoms with E-state index in [2.05, 4.69) is 15.9 Å². The van der Waals surface area contributed by atoms with Gasteiger partial charge in [-0.3, -0.25) is 9.48 Å². The van der Waals surface area contributed by atoms with Crippen LogP contribution in [0.2, 0.25) is 0 Å². The van der Waals surface area contributed by atoms with Crippen LogP contribution in [-0.2, 0) is 7.05 Å². The van der Waals surface area contributed by atoms with E-state index >= 15 is 0 Å². The zero-order valence-electron chi connectivity index (χ0n) is 10.8. The molecule has 2 aromatic rings. The van der Waals surface area contributed by atoms with Crippen molar-refractivity contribution < 1.29 is 13.2 Å². The van der Waals surface area contributed by atoms with Crippen LogP contribution in [0.15, 0.2) is 33.5 Å². The molecule has 1 aromatic heterocycles. The van der Waals surface area contributed by atoms with Crippen molar-refractivity contribution in [1.82, 2.24) is 9.36 Å². The van der Waals surface area contributed by atoms with E-state index in [1.165, 1.54) is 19.2 Å². The lowest BCUT2D eigenvalue weighted by Gasteiger charge is -2.18. The maximum Gasteiger partial charge on any atom is 0.280 e. The number of hydrogen-bond acceptors (Lipinski definition) is 1. The van der Waals surface area contributed by atoms with Gasteiger partial charge in [0.15, 0.2) is 0 Å². The lowest BCUT2D eigenvalue weighted by Crippen LogP contribution is -2.26. The highest BCUT2D eigenvalue weighted by atomic mass is 79.9. The highest BCUT2D eigenvalue weighted by Crippen LogP contribution is 2.25. The number of rotatable bonds is 3. The van der Waals surface area contributed by atoms with Crippen LogP contribution in [0.1, 0.15) is 30.6 Å². The van der Waals surface area contributed by atoms with Crippen molar-refractivity contribution in [3.05, 3.63) is 56.2 Å². The zero-order chi connectivity index (χ0) is 15.0. The van der Waals surface area contributed by atoms with Crippen LogP contribution in [0.5, 0.6) is 0 Å². The van der Waals surface area contributed by atoms with Gasteiger partial charge in [-0.25, -0.2) is 17.9 Å². The summed E-state index contributed by atoms with van der Waals surface area (Å²) >= 11 is 3.14. The van der Waals surface area contributed by atoms with Gasteiger partial charge in [-0.2, -0.15) is 0 Å². The van der Waals surface area contributed by atoms with Crippen LogP contribution in [0.25, 0.3) is 0 Å². The van der Waals surface area contributed by atoms with Gasteiger partial charge in [0.25, 0.3) is 12.0 Å². The molecule has 2 rings (SSSR count). The van der Waals surface area contributed by atoms with Gasteiger partial charge in [0.1, 0.15) is 11.5 Å². The molecule has 0 aliphatic carbocycles. The number of aromatic nitrogens is 2. The molecule has 3 nitrogen and oxygen atoms in total. The van der Waals surface area contributed by atoms with E-state index in [4.69, 9.17) is 0 Å². The van der Waals surface area contributed by atoms with E-state index in [1.54, 1.807) is 13.0 Å². The van der Waals surface area contributed by atoms with E-state index < -0.39 is 23.8 Å². The standard InChI is InChI=1S/C13H12BrF3N2O/c1-7(9-4-3-8(14)5-10(9)15)19-12(20)6-11(13(16)17)18(19)2/h3-7,13H,1-2H3. The second-order valence-corrected chi connectivity index (χ2v) is 5.33. The maximum atomic E-state index is 13.9. The summed E-state index contributed by atoms with van der Waals surface area (Å²) in [4.78, 5) is 11.8. The van der Waals surface area contributed by atoms with Gasteiger partial charge < -0.3 is 0 Å². The normalized spacial score (nSPS) is 12.9. The lowest BCUT2D eigenvalue weighted by molar-refractivity contribution is 0.138. The second-order valence-electron chi connectivity index (χ2n) is 4.42. The quantitative estimate of drug-likeness (QED) is 0.831. The van der Waals surface area contributed by atoms with Gasteiger partial charge in [-0.15, -0.1) is 0 Å². The van der Waals surface area contributed by atoms with Crippen molar-refractivity contribution >= 4 is 15.9 Å². The van der Waals surface area contributed by atoms with Crippen molar-refractivity contribution in [2.24, 2.45) is 7.05 Å². The summed E-state index contributed by atoms with van der Waals surface area (Å²) in [7, 11) is 1.36. The van der Waals surface area contributed by atoms with Crippen molar-refractivity contribution in [3.8, 4) is 0 Å². The summed E-state index contributed by atoms with van der Waals surface area (Å²) in [5.74, 6) is -0.501. The van der Waals surface area contributed by atoms with Gasteiger partial charge in [0, 0.05) is 23.2 Å². The topological polar surface area (TPSA) is 26.9 Å². The molecule has 108 valence electrons. The Morgan fingerprint density at radius 2 is 1.90 bits per heavy atom. The average molecular weight is 349 g/mol. The molecule has 0 radical (unpaired) electrons. The van der Waals surface area contributed by atoms with E-state index in [-0.39, 0.29) is 11.3 Å². The second kappa shape index (κ2) is 5.47. The molecule has 1 atom stereocenters. The summed E-state index contributed by atoms with van der Waals surface area (Å²) in [6, 6.07) is 4.61. The van der Waals surface area contributed by atoms with Crippen LogP contribution < -0.4 is 5.56 Å². The molecule has 0 saturated carbocycles. The predicted molar refractivity (Wildman–Crippen MR) is 72.5 cm³/mol. The predicted octanol–water partition coefficient (Wildman–Crippen LogP) is 3.64. The molecule has 7 heteroatoms. The summed E-state index contributed by atoms with van der Waals surface area (Å²) in [6.07, 6.45) is -2.75. The van der Waals surface area contributed by atoms with Gasteiger partial charge >= 0.3 is 0 Å². The molecular weight excluding hydrogens is 337 g/mol. The van der Waals surface area contributed by atoms with Crippen molar-refractivity contribution in [2.75, 3.05) is 0 Å². The Labute approximate surface area is 121 Å². The van der Waals surface area contributed by atoms with Crippen LogP contribution >= 0.6 is 15.9 Å². The third kappa shape index (κ3) is 2.54. The van der Waals surface area contributed by atoms with Crippen LogP contribution in [0.4, 0.5) is 13.2 Å². The number of nitrogens with zero attached hydrogens (tertiary/aromatic N) is 2. The molecule has 0 aliphatic heterocycles. The van der Waals surface area contributed by atoms with Crippen LogP contribution in [0.3, 0.4) is 0 Å². The first-order valence-electron chi connectivity index (χ1n) is 5.84. The highest BCUT2D eigenvalue weighted by Gasteiger charge is 2.22. The summed E-state index contributed by atoms with van der Waals surface area (Å²) in [6.45, 7) is 1.59. The molecule has 0 saturated heterocycles. The van der Waals surface area contributed by atoms with E-state index in [0.29, 0.717) is 4.47 Å². The molecule has 1 heterocycles. The first kappa shape index (κ1) is 14.9. The molecule has 0 amide bonds. The fourth-order valence-electron chi connectivity index (χ4n) is 2.19. The molecule has 20 heavy (non-hydrogen) atoms. The molecule has 0 N–H and O–H groups in total. The van der Waals surface area contributed by atoms with Crippen LogP contribution in [-0.4, -0.2) is 9.36 Å². The van der Waals surface area contributed by atoms with Gasteiger partial charge in [-0.05, 0) is 19.1 Å². The minimum atomic E-state index is -2.75. The lowest BCUT2D eigenvalue weighted by atomic mass is 10.1. The Kier molecular flexibility index (Phi) is 4.08. The number of halogens is 4. The Hall–Kier alpha value is -1.50. The van der Waals surface area contributed by atoms with Crippen molar-refractivity contribution in [1.29, 1.82) is 0 Å². The van der Waals surface area contributed by atoms with E-state index in [1.807, 2.05) is 0 Å². The third-order valence-corrected chi connectivity index (χ3v) is 3.69. The fourth-order valence-corrected chi connectivity index (χ4v) is 2.52. The zero-order valence-corrected chi connectivity index (χ0v) is 12.4. The maximum absolute atomic E-state index is 13.9. The monoisotopic (exact) mass is 348 g/mol. The molecule has 0 bridgehead atoms. The van der Waals surface area contributed by atoms with Crippen LogP contribution in [0, 0.1) is 5.82 Å². The third-order valence-electron chi connectivity index (χ3n) is 3.20. The van der Waals surface area contributed by atoms with E-state index in [9.17, 15) is 18.0 Å². The van der Waals surface area contributed by atoms with E-state index in [0.717, 1.165) is 15.4 Å². The van der Waals surface area contributed by atoms with Crippen molar-refractivity contribution in [2.45, 2.75) is 19.4 Å². The SMILES string of the molecule is CC(c1ccc(Br)cc1F)n1c(=O)cc(C(F)F)n1C. The van der Waals surface area contributed by atoms with Crippen molar-refractivity contribution in [3.63, 3.8) is 0 Å². The molecule has 1 unspecified atom stereocenters. The smallest absolute Gasteiger partial charge is 0.280 e.